The Kier molecular flexibility index (Phi) is 6.49. The maximum atomic E-state index is 5.79. The van der Waals surface area contributed by atoms with Crippen molar-refractivity contribution >= 4 is 0 Å². The van der Waals surface area contributed by atoms with Crippen molar-refractivity contribution in [1.82, 2.24) is 0 Å². The van der Waals surface area contributed by atoms with E-state index in [9.17, 15) is 0 Å². The van der Waals surface area contributed by atoms with Gasteiger partial charge in [0.15, 0.2) is 0 Å². The van der Waals surface area contributed by atoms with Gasteiger partial charge in [-0.15, -0.1) is 0 Å². The number of hydrogen-bond donors (Lipinski definition) is 0. The molecule has 0 bridgehead atoms. The molecule has 0 heterocycles. The van der Waals surface area contributed by atoms with Crippen LogP contribution < -0.4 is 0 Å². The van der Waals surface area contributed by atoms with Crippen molar-refractivity contribution in [1.29, 1.82) is 0 Å². The first-order valence-electron chi connectivity index (χ1n) is 8.05. The third-order valence-corrected chi connectivity index (χ3v) is 3.87. The van der Waals surface area contributed by atoms with Gasteiger partial charge in [0.05, 0.1) is 13.2 Å². The van der Waals surface area contributed by atoms with Crippen LogP contribution in [-0.4, -0.2) is 13.2 Å². The second-order valence-corrected chi connectivity index (χ2v) is 5.46. The highest BCUT2D eigenvalue weighted by Gasteiger charge is 1.98. The minimum absolute atomic E-state index is 0.806. The van der Waals surface area contributed by atoms with Crippen LogP contribution >= 0.6 is 0 Å². The van der Waals surface area contributed by atoms with Crippen LogP contribution in [0.4, 0.5) is 0 Å². The number of hydrogen-bond acceptors (Lipinski definition) is 1. The van der Waals surface area contributed by atoms with Crippen molar-refractivity contribution in [2.45, 2.75) is 39.5 Å². The zero-order valence-corrected chi connectivity index (χ0v) is 13.3. The van der Waals surface area contributed by atoms with Crippen LogP contribution in [0.25, 0.3) is 0 Å². The summed E-state index contributed by atoms with van der Waals surface area (Å²) in [6, 6.07) is 17.6. The Bertz CT molecular complexity index is 496. The molecule has 0 aliphatic carbocycles. The average Bonchev–Trinajstić information content (AvgIpc) is 2.55. The Balaban J connectivity index is 1.69. The standard InChI is InChI=1S/C20H26O/c1-3-17-7-5-9-19(15-17)11-13-21-14-12-20-10-6-8-18(4-2)16-20/h5-10,15-16H,3-4,11-14H2,1-2H3. The molecular formula is C20H26O. The van der Waals surface area contributed by atoms with Gasteiger partial charge in [0.1, 0.15) is 0 Å². The maximum absolute atomic E-state index is 5.79. The SMILES string of the molecule is CCc1cccc(CCOCCc2cccc(CC)c2)c1. The molecule has 2 aromatic rings. The van der Waals surface area contributed by atoms with E-state index in [2.05, 4.69) is 62.4 Å². The lowest BCUT2D eigenvalue weighted by Gasteiger charge is -2.07. The fraction of sp³-hybridized carbons (Fsp3) is 0.400. The van der Waals surface area contributed by atoms with E-state index >= 15 is 0 Å². The van der Waals surface area contributed by atoms with Crippen LogP contribution in [0.2, 0.25) is 0 Å². The van der Waals surface area contributed by atoms with E-state index in [1.807, 2.05) is 0 Å². The van der Waals surface area contributed by atoms with Crippen LogP contribution in [0.15, 0.2) is 48.5 Å². The quantitative estimate of drug-likeness (QED) is 0.642. The van der Waals surface area contributed by atoms with Crippen LogP contribution in [-0.2, 0) is 30.4 Å². The number of benzene rings is 2. The molecule has 112 valence electrons. The van der Waals surface area contributed by atoms with Crippen molar-refractivity contribution < 1.29 is 4.74 Å². The van der Waals surface area contributed by atoms with Crippen LogP contribution in [0.3, 0.4) is 0 Å². The van der Waals surface area contributed by atoms with Gasteiger partial charge in [-0.3, -0.25) is 0 Å². The molecule has 0 saturated carbocycles. The highest BCUT2D eigenvalue weighted by molar-refractivity contribution is 5.24. The summed E-state index contributed by atoms with van der Waals surface area (Å²) in [4.78, 5) is 0. The van der Waals surface area contributed by atoms with E-state index in [-0.39, 0.29) is 0 Å². The van der Waals surface area contributed by atoms with Crippen molar-refractivity contribution in [2.75, 3.05) is 13.2 Å². The van der Waals surface area contributed by atoms with Gasteiger partial charge in [-0.2, -0.15) is 0 Å². The fourth-order valence-electron chi connectivity index (χ4n) is 2.49. The Morgan fingerprint density at radius 2 is 1.10 bits per heavy atom. The zero-order valence-electron chi connectivity index (χ0n) is 13.3. The molecule has 1 nitrogen and oxygen atoms in total. The van der Waals surface area contributed by atoms with E-state index in [1.54, 1.807) is 0 Å². The number of rotatable bonds is 8. The molecule has 1 heteroatoms. The van der Waals surface area contributed by atoms with Crippen LogP contribution in [0.1, 0.15) is 36.1 Å². The second kappa shape index (κ2) is 8.63. The summed E-state index contributed by atoms with van der Waals surface area (Å²) in [5, 5.41) is 0. The predicted molar refractivity (Wildman–Crippen MR) is 89.9 cm³/mol. The van der Waals surface area contributed by atoms with E-state index < -0.39 is 0 Å². The normalized spacial score (nSPS) is 10.8. The van der Waals surface area contributed by atoms with Crippen LogP contribution in [0, 0.1) is 0 Å². The summed E-state index contributed by atoms with van der Waals surface area (Å²) in [5.41, 5.74) is 5.57. The highest BCUT2D eigenvalue weighted by atomic mass is 16.5. The summed E-state index contributed by atoms with van der Waals surface area (Å²) in [5.74, 6) is 0. The smallest absolute Gasteiger partial charge is 0.0506 e. The Morgan fingerprint density at radius 3 is 1.52 bits per heavy atom. The summed E-state index contributed by atoms with van der Waals surface area (Å²) in [6.45, 7) is 6.00. The monoisotopic (exact) mass is 282 g/mol. The molecule has 0 amide bonds. The lowest BCUT2D eigenvalue weighted by atomic mass is 10.1. The summed E-state index contributed by atoms with van der Waals surface area (Å²) >= 11 is 0. The van der Waals surface area contributed by atoms with Gasteiger partial charge in [0.2, 0.25) is 0 Å². The summed E-state index contributed by atoms with van der Waals surface area (Å²) < 4.78 is 5.79. The molecule has 0 unspecified atom stereocenters. The van der Waals surface area contributed by atoms with E-state index in [0.29, 0.717) is 0 Å². The van der Waals surface area contributed by atoms with Gasteiger partial charge in [0, 0.05) is 0 Å². The lowest BCUT2D eigenvalue weighted by molar-refractivity contribution is 0.140. The van der Waals surface area contributed by atoms with Gasteiger partial charge in [0.25, 0.3) is 0 Å². The van der Waals surface area contributed by atoms with Crippen molar-refractivity contribution in [3.05, 3.63) is 70.8 Å². The van der Waals surface area contributed by atoms with Crippen LogP contribution in [0.5, 0.6) is 0 Å². The maximum Gasteiger partial charge on any atom is 0.0506 e. The van der Waals surface area contributed by atoms with Gasteiger partial charge < -0.3 is 4.74 Å². The van der Waals surface area contributed by atoms with Gasteiger partial charge in [-0.05, 0) is 47.9 Å². The first-order valence-corrected chi connectivity index (χ1v) is 8.05. The molecule has 0 atom stereocenters. The van der Waals surface area contributed by atoms with E-state index in [4.69, 9.17) is 4.74 Å². The average molecular weight is 282 g/mol. The summed E-state index contributed by atoms with van der Waals surface area (Å²) in [7, 11) is 0. The predicted octanol–water partition coefficient (Wildman–Crippen LogP) is 4.61. The minimum Gasteiger partial charge on any atom is -0.381 e. The topological polar surface area (TPSA) is 9.23 Å². The molecule has 2 rings (SSSR count). The van der Waals surface area contributed by atoms with E-state index in [1.165, 1.54) is 22.3 Å². The fourth-order valence-corrected chi connectivity index (χ4v) is 2.49. The molecule has 0 aliphatic rings. The second-order valence-electron chi connectivity index (χ2n) is 5.46. The largest absolute Gasteiger partial charge is 0.381 e. The van der Waals surface area contributed by atoms with Gasteiger partial charge in [-0.1, -0.05) is 62.4 Å². The molecule has 0 N–H and O–H groups in total. The molecule has 0 fully saturated rings. The molecular weight excluding hydrogens is 256 g/mol. The molecule has 2 aromatic carbocycles. The number of aryl methyl sites for hydroxylation is 2. The minimum atomic E-state index is 0.806. The third-order valence-electron chi connectivity index (χ3n) is 3.87. The van der Waals surface area contributed by atoms with Crippen molar-refractivity contribution in [2.24, 2.45) is 0 Å². The molecule has 21 heavy (non-hydrogen) atoms. The highest BCUT2D eigenvalue weighted by Crippen LogP contribution is 2.08. The zero-order chi connectivity index (χ0) is 14.9. The Morgan fingerprint density at radius 1 is 0.667 bits per heavy atom. The Labute approximate surface area is 129 Å². The first kappa shape index (κ1) is 15.8. The first-order chi connectivity index (χ1) is 10.3. The molecule has 0 saturated heterocycles. The van der Waals surface area contributed by atoms with Crippen molar-refractivity contribution in [3.8, 4) is 0 Å². The molecule has 0 spiro atoms. The lowest BCUT2D eigenvalue weighted by Crippen LogP contribution is -2.03. The third kappa shape index (κ3) is 5.35. The molecule has 0 radical (unpaired) electrons. The Hall–Kier alpha value is -1.60. The molecule has 0 aliphatic heterocycles. The van der Waals surface area contributed by atoms with E-state index in [0.717, 1.165) is 38.9 Å². The molecule has 0 aromatic heterocycles. The van der Waals surface area contributed by atoms with Gasteiger partial charge in [-0.25, -0.2) is 0 Å². The van der Waals surface area contributed by atoms with Gasteiger partial charge >= 0.3 is 0 Å². The summed E-state index contributed by atoms with van der Waals surface area (Å²) in [6.07, 6.45) is 4.20. The van der Waals surface area contributed by atoms with Crippen molar-refractivity contribution in [3.63, 3.8) is 0 Å². The number of ether oxygens (including phenoxy) is 1.